The topological polar surface area (TPSA) is 67.6 Å². The molecule has 144 valence electrons. The third kappa shape index (κ3) is 3.33. The minimum Gasteiger partial charge on any atom is -0.504 e. The number of phenolic OH excluding ortho intramolecular Hbond substituents is 1. The van der Waals surface area contributed by atoms with E-state index in [0.717, 1.165) is 22.3 Å². The summed E-state index contributed by atoms with van der Waals surface area (Å²) in [6.07, 6.45) is 1.80. The smallest absolute Gasteiger partial charge is 0.274 e. The molecule has 4 rings (SSSR count). The number of phenols is 1. The largest absolute Gasteiger partial charge is 0.504 e. The summed E-state index contributed by atoms with van der Waals surface area (Å²) in [5.74, 6) is 0.413. The van der Waals surface area contributed by atoms with Crippen LogP contribution in [-0.4, -0.2) is 38.8 Å². The first-order valence-electron chi connectivity index (χ1n) is 9.44. The van der Waals surface area contributed by atoms with Crippen molar-refractivity contribution in [2.24, 2.45) is 0 Å². The highest BCUT2D eigenvalue weighted by Gasteiger charge is 2.25. The summed E-state index contributed by atoms with van der Waals surface area (Å²) < 4.78 is 7.51. The molecule has 0 saturated heterocycles. The highest BCUT2D eigenvalue weighted by molar-refractivity contribution is 5.92. The Morgan fingerprint density at radius 3 is 2.82 bits per heavy atom. The van der Waals surface area contributed by atoms with Crippen LogP contribution in [0.3, 0.4) is 0 Å². The molecule has 1 aliphatic heterocycles. The van der Waals surface area contributed by atoms with Crippen molar-refractivity contribution in [1.82, 2.24) is 14.7 Å². The maximum absolute atomic E-state index is 12.9. The molecule has 2 aromatic carbocycles. The molecule has 0 radical (unpaired) electrons. The molecule has 1 N–H and O–H groups in total. The van der Waals surface area contributed by atoms with Crippen molar-refractivity contribution in [3.63, 3.8) is 0 Å². The summed E-state index contributed by atoms with van der Waals surface area (Å²) in [6.45, 7) is 5.85. The second kappa shape index (κ2) is 7.38. The number of hydrogen-bond donors (Lipinski definition) is 1. The molecule has 1 aliphatic rings. The number of aromatic hydroxyl groups is 1. The van der Waals surface area contributed by atoms with Gasteiger partial charge in [0, 0.05) is 24.8 Å². The number of rotatable bonds is 3. The summed E-state index contributed by atoms with van der Waals surface area (Å²) in [6, 6.07) is 13.5. The van der Waals surface area contributed by atoms with E-state index in [1.807, 2.05) is 44.2 Å². The molecule has 0 atom stereocenters. The molecule has 1 aromatic heterocycles. The summed E-state index contributed by atoms with van der Waals surface area (Å²) >= 11 is 0. The number of hydrogen-bond acceptors (Lipinski definition) is 4. The molecule has 0 aliphatic carbocycles. The van der Waals surface area contributed by atoms with Crippen LogP contribution in [0, 0.1) is 6.92 Å². The van der Waals surface area contributed by atoms with Crippen LogP contribution in [0.4, 0.5) is 0 Å². The van der Waals surface area contributed by atoms with Gasteiger partial charge in [0.05, 0.1) is 6.54 Å². The third-order valence-corrected chi connectivity index (χ3v) is 5.04. The second-order valence-electron chi connectivity index (χ2n) is 6.93. The fraction of sp³-hybridized carbons (Fsp3) is 0.273. The molecule has 6 heteroatoms. The van der Waals surface area contributed by atoms with Crippen molar-refractivity contribution in [2.75, 3.05) is 13.2 Å². The SMILES string of the molecule is CCn1ccc(C(=O)N2CCOc3c(O)cc(-c4ccccc4C)cc3C2)n1. The normalized spacial score (nSPS) is 13.6. The van der Waals surface area contributed by atoms with Gasteiger partial charge in [0.25, 0.3) is 5.91 Å². The lowest BCUT2D eigenvalue weighted by atomic mass is 9.98. The molecule has 2 heterocycles. The van der Waals surface area contributed by atoms with Crippen molar-refractivity contribution < 1.29 is 14.6 Å². The van der Waals surface area contributed by atoms with Crippen LogP contribution in [-0.2, 0) is 13.1 Å². The zero-order chi connectivity index (χ0) is 19.7. The maximum atomic E-state index is 12.9. The van der Waals surface area contributed by atoms with Crippen molar-refractivity contribution >= 4 is 5.91 Å². The number of ether oxygens (including phenoxy) is 1. The van der Waals surface area contributed by atoms with Crippen molar-refractivity contribution in [3.8, 4) is 22.6 Å². The van der Waals surface area contributed by atoms with Gasteiger partial charge in [0.2, 0.25) is 0 Å². The Labute approximate surface area is 164 Å². The van der Waals surface area contributed by atoms with Gasteiger partial charge in [-0.15, -0.1) is 0 Å². The molecule has 1 amide bonds. The zero-order valence-corrected chi connectivity index (χ0v) is 16.1. The number of fused-ring (bicyclic) bond motifs is 1. The third-order valence-electron chi connectivity index (χ3n) is 5.04. The van der Waals surface area contributed by atoms with Crippen LogP contribution in [0.2, 0.25) is 0 Å². The van der Waals surface area contributed by atoms with Gasteiger partial charge in [-0.25, -0.2) is 0 Å². The standard InChI is InChI=1S/C22H23N3O3/c1-3-25-9-8-19(23-25)22(27)24-10-11-28-21-17(14-24)12-16(13-20(21)26)18-7-5-4-6-15(18)2/h4-9,12-13,26H,3,10-11,14H2,1-2H3. The van der Waals surface area contributed by atoms with E-state index < -0.39 is 0 Å². The Morgan fingerprint density at radius 2 is 2.07 bits per heavy atom. The predicted molar refractivity (Wildman–Crippen MR) is 106 cm³/mol. The molecule has 3 aromatic rings. The molecule has 0 saturated carbocycles. The first kappa shape index (κ1) is 18.1. The Kier molecular flexibility index (Phi) is 4.77. The summed E-state index contributed by atoms with van der Waals surface area (Å²) in [7, 11) is 0. The molecule has 0 bridgehead atoms. The highest BCUT2D eigenvalue weighted by atomic mass is 16.5. The molecular formula is C22H23N3O3. The molecule has 0 unspecified atom stereocenters. The first-order valence-corrected chi connectivity index (χ1v) is 9.44. The van der Waals surface area contributed by atoms with Crippen LogP contribution < -0.4 is 4.74 Å². The molecule has 6 nitrogen and oxygen atoms in total. The van der Waals surface area contributed by atoms with Gasteiger partial charge in [-0.2, -0.15) is 5.10 Å². The first-order chi connectivity index (χ1) is 13.6. The van der Waals surface area contributed by atoms with Crippen molar-refractivity contribution in [2.45, 2.75) is 26.9 Å². The lowest BCUT2D eigenvalue weighted by Crippen LogP contribution is -2.32. The van der Waals surface area contributed by atoms with Gasteiger partial charge >= 0.3 is 0 Å². The van der Waals surface area contributed by atoms with E-state index in [1.54, 1.807) is 27.9 Å². The summed E-state index contributed by atoms with van der Waals surface area (Å²) in [5, 5.41) is 14.9. The number of aromatic nitrogens is 2. The Morgan fingerprint density at radius 1 is 1.25 bits per heavy atom. The van der Waals surface area contributed by atoms with Crippen LogP contribution in [0.5, 0.6) is 11.5 Å². The predicted octanol–water partition coefficient (Wildman–Crippen LogP) is 3.62. The van der Waals surface area contributed by atoms with Crippen LogP contribution >= 0.6 is 0 Å². The van der Waals surface area contributed by atoms with Gasteiger partial charge < -0.3 is 14.7 Å². The van der Waals surface area contributed by atoms with Gasteiger partial charge in [-0.3, -0.25) is 9.48 Å². The Hall–Kier alpha value is -3.28. The lowest BCUT2D eigenvalue weighted by Gasteiger charge is -2.19. The minimum atomic E-state index is -0.135. The quantitative estimate of drug-likeness (QED) is 0.757. The minimum absolute atomic E-state index is 0.0975. The van der Waals surface area contributed by atoms with Crippen LogP contribution in [0.1, 0.15) is 28.5 Å². The van der Waals surface area contributed by atoms with E-state index in [9.17, 15) is 9.90 Å². The number of benzene rings is 2. The van der Waals surface area contributed by atoms with Crippen LogP contribution in [0.15, 0.2) is 48.7 Å². The van der Waals surface area contributed by atoms with E-state index >= 15 is 0 Å². The average Bonchev–Trinajstić information content (AvgIpc) is 3.07. The van der Waals surface area contributed by atoms with Crippen molar-refractivity contribution in [1.29, 1.82) is 0 Å². The number of aryl methyl sites for hydroxylation is 2. The van der Waals surface area contributed by atoms with Gasteiger partial charge in [-0.05, 0) is 48.7 Å². The summed E-state index contributed by atoms with van der Waals surface area (Å²) in [4.78, 5) is 14.6. The molecule has 0 spiro atoms. The van der Waals surface area contributed by atoms with Crippen molar-refractivity contribution in [3.05, 3.63) is 65.5 Å². The van der Waals surface area contributed by atoms with E-state index in [0.29, 0.717) is 37.7 Å². The monoisotopic (exact) mass is 377 g/mol. The van der Waals surface area contributed by atoms with E-state index in [4.69, 9.17) is 4.74 Å². The molecule has 28 heavy (non-hydrogen) atoms. The van der Waals surface area contributed by atoms with Gasteiger partial charge in [0.1, 0.15) is 12.3 Å². The molecule has 0 fully saturated rings. The highest BCUT2D eigenvalue weighted by Crippen LogP contribution is 2.38. The fourth-order valence-electron chi connectivity index (χ4n) is 3.54. The summed E-state index contributed by atoms with van der Waals surface area (Å²) in [5.41, 5.74) is 4.28. The molecular weight excluding hydrogens is 354 g/mol. The fourth-order valence-corrected chi connectivity index (χ4v) is 3.54. The number of amides is 1. The van der Waals surface area contributed by atoms with E-state index in [-0.39, 0.29) is 11.7 Å². The maximum Gasteiger partial charge on any atom is 0.274 e. The number of carbonyl (C=O) groups excluding carboxylic acids is 1. The van der Waals surface area contributed by atoms with Crippen LogP contribution in [0.25, 0.3) is 11.1 Å². The van der Waals surface area contributed by atoms with E-state index in [2.05, 4.69) is 5.10 Å². The number of nitrogens with zero attached hydrogens (tertiary/aromatic N) is 3. The van der Waals surface area contributed by atoms with E-state index in [1.165, 1.54) is 0 Å². The second-order valence-corrected chi connectivity index (χ2v) is 6.93. The zero-order valence-electron chi connectivity index (χ0n) is 16.1. The Balaban J connectivity index is 1.68. The average molecular weight is 377 g/mol. The van der Waals surface area contributed by atoms with Gasteiger partial charge in [-0.1, -0.05) is 24.3 Å². The van der Waals surface area contributed by atoms with Gasteiger partial charge in [0.15, 0.2) is 11.5 Å². The lowest BCUT2D eigenvalue weighted by molar-refractivity contribution is 0.0726. The number of carbonyl (C=O) groups is 1. The Bertz CT molecular complexity index is 1030.